The van der Waals surface area contributed by atoms with Gasteiger partial charge < -0.3 is 10.1 Å². The van der Waals surface area contributed by atoms with E-state index in [1.54, 1.807) is 0 Å². The number of nitrogens with one attached hydrogen (secondary N) is 1. The molecule has 4 heteroatoms. The molecule has 1 aliphatic rings. The SMILES string of the molecule is O=C(CCBr)NCCOC1CCCCC1. The molecule has 0 bridgehead atoms. The number of carbonyl (C=O) groups excluding carboxylic acids is 1. The molecule has 0 aromatic carbocycles. The van der Waals surface area contributed by atoms with Gasteiger partial charge in [-0.2, -0.15) is 0 Å². The normalized spacial score (nSPS) is 17.7. The monoisotopic (exact) mass is 277 g/mol. The van der Waals surface area contributed by atoms with Gasteiger partial charge in [-0.3, -0.25) is 4.79 Å². The van der Waals surface area contributed by atoms with E-state index in [4.69, 9.17) is 4.74 Å². The van der Waals surface area contributed by atoms with Crippen LogP contribution in [0.15, 0.2) is 0 Å². The topological polar surface area (TPSA) is 38.3 Å². The third-order valence-corrected chi connectivity index (χ3v) is 3.05. The molecule has 3 nitrogen and oxygen atoms in total. The van der Waals surface area contributed by atoms with Gasteiger partial charge in [0.2, 0.25) is 5.91 Å². The highest BCUT2D eigenvalue weighted by atomic mass is 79.9. The van der Waals surface area contributed by atoms with E-state index in [0.717, 1.165) is 5.33 Å². The number of amides is 1. The molecule has 0 saturated heterocycles. The average molecular weight is 278 g/mol. The number of halogens is 1. The molecule has 0 spiro atoms. The molecule has 0 heterocycles. The molecule has 1 saturated carbocycles. The Hall–Kier alpha value is -0.0900. The van der Waals surface area contributed by atoms with Gasteiger partial charge in [0, 0.05) is 18.3 Å². The molecule has 1 amide bonds. The minimum absolute atomic E-state index is 0.0964. The van der Waals surface area contributed by atoms with Crippen molar-refractivity contribution >= 4 is 21.8 Å². The Morgan fingerprint density at radius 1 is 1.33 bits per heavy atom. The smallest absolute Gasteiger partial charge is 0.220 e. The van der Waals surface area contributed by atoms with Crippen LogP contribution in [0.2, 0.25) is 0 Å². The van der Waals surface area contributed by atoms with Crippen LogP contribution in [0.4, 0.5) is 0 Å². The van der Waals surface area contributed by atoms with Crippen LogP contribution in [0, 0.1) is 0 Å². The summed E-state index contributed by atoms with van der Waals surface area (Å²) in [6, 6.07) is 0. The first-order valence-electron chi connectivity index (χ1n) is 5.77. The van der Waals surface area contributed by atoms with Gasteiger partial charge in [0.25, 0.3) is 0 Å². The van der Waals surface area contributed by atoms with Crippen LogP contribution in [0.3, 0.4) is 0 Å². The lowest BCUT2D eigenvalue weighted by molar-refractivity contribution is -0.121. The Balaban J connectivity index is 1.93. The van der Waals surface area contributed by atoms with Gasteiger partial charge in [0.15, 0.2) is 0 Å². The highest BCUT2D eigenvalue weighted by molar-refractivity contribution is 9.09. The van der Waals surface area contributed by atoms with E-state index in [1.165, 1.54) is 32.1 Å². The summed E-state index contributed by atoms with van der Waals surface area (Å²) in [6.07, 6.45) is 7.30. The van der Waals surface area contributed by atoms with E-state index in [2.05, 4.69) is 21.2 Å². The zero-order chi connectivity index (χ0) is 10.9. The molecule has 15 heavy (non-hydrogen) atoms. The maximum Gasteiger partial charge on any atom is 0.220 e. The molecular weight excluding hydrogens is 258 g/mol. The number of ether oxygens (including phenoxy) is 1. The number of alkyl halides is 1. The first-order valence-corrected chi connectivity index (χ1v) is 6.89. The summed E-state index contributed by atoms with van der Waals surface area (Å²) in [4.78, 5) is 11.1. The van der Waals surface area contributed by atoms with Crippen molar-refractivity contribution in [3.63, 3.8) is 0 Å². The van der Waals surface area contributed by atoms with Crippen molar-refractivity contribution in [3.05, 3.63) is 0 Å². The predicted octanol–water partition coefficient (Wildman–Crippen LogP) is 2.24. The van der Waals surface area contributed by atoms with Crippen LogP contribution >= 0.6 is 15.9 Å². The summed E-state index contributed by atoms with van der Waals surface area (Å²) in [5.41, 5.74) is 0. The lowest BCUT2D eigenvalue weighted by Gasteiger charge is -2.21. The van der Waals surface area contributed by atoms with Gasteiger partial charge in [0.05, 0.1) is 12.7 Å². The number of carbonyl (C=O) groups is 1. The lowest BCUT2D eigenvalue weighted by atomic mass is 9.98. The summed E-state index contributed by atoms with van der Waals surface area (Å²) in [5.74, 6) is 0.0964. The fourth-order valence-electron chi connectivity index (χ4n) is 1.82. The van der Waals surface area contributed by atoms with Crippen LogP contribution in [-0.2, 0) is 9.53 Å². The van der Waals surface area contributed by atoms with Crippen molar-refractivity contribution in [2.75, 3.05) is 18.5 Å². The van der Waals surface area contributed by atoms with E-state index in [9.17, 15) is 4.79 Å². The Bertz CT molecular complexity index is 181. The van der Waals surface area contributed by atoms with Gasteiger partial charge in [0.1, 0.15) is 0 Å². The summed E-state index contributed by atoms with van der Waals surface area (Å²) in [6.45, 7) is 1.29. The Kier molecular flexibility index (Phi) is 7.01. The molecule has 0 aromatic heterocycles. The lowest BCUT2D eigenvalue weighted by Crippen LogP contribution is -2.29. The zero-order valence-corrected chi connectivity index (χ0v) is 10.7. The molecule has 0 aliphatic heterocycles. The van der Waals surface area contributed by atoms with Crippen LogP contribution in [0.1, 0.15) is 38.5 Å². The maximum atomic E-state index is 11.1. The largest absolute Gasteiger partial charge is 0.376 e. The zero-order valence-electron chi connectivity index (χ0n) is 9.14. The quantitative estimate of drug-likeness (QED) is 0.597. The molecule has 0 radical (unpaired) electrons. The second kappa shape index (κ2) is 8.11. The number of hydrogen-bond acceptors (Lipinski definition) is 2. The Labute approximate surface area is 100 Å². The van der Waals surface area contributed by atoms with Gasteiger partial charge in [-0.15, -0.1) is 0 Å². The van der Waals surface area contributed by atoms with Gasteiger partial charge in [-0.1, -0.05) is 35.2 Å². The first-order chi connectivity index (χ1) is 7.33. The Morgan fingerprint density at radius 3 is 2.73 bits per heavy atom. The van der Waals surface area contributed by atoms with E-state index in [-0.39, 0.29) is 5.91 Å². The van der Waals surface area contributed by atoms with E-state index < -0.39 is 0 Å². The molecule has 88 valence electrons. The third-order valence-electron chi connectivity index (χ3n) is 2.65. The van der Waals surface area contributed by atoms with Crippen molar-refractivity contribution < 1.29 is 9.53 Å². The average Bonchev–Trinajstić information content (AvgIpc) is 2.26. The standard InChI is InChI=1S/C11H20BrNO2/c12-7-6-11(14)13-8-9-15-10-4-2-1-3-5-10/h10H,1-9H2,(H,13,14). The first kappa shape index (κ1) is 13.0. The van der Waals surface area contributed by atoms with Crippen LogP contribution in [0.25, 0.3) is 0 Å². The summed E-state index contributed by atoms with van der Waals surface area (Å²) in [7, 11) is 0. The minimum Gasteiger partial charge on any atom is -0.376 e. The molecule has 1 rings (SSSR count). The van der Waals surface area contributed by atoms with Crippen LogP contribution in [0.5, 0.6) is 0 Å². The summed E-state index contributed by atoms with van der Waals surface area (Å²) >= 11 is 3.23. The van der Waals surface area contributed by atoms with Crippen molar-refractivity contribution in [3.8, 4) is 0 Å². The van der Waals surface area contributed by atoms with E-state index in [1.807, 2.05) is 0 Å². The van der Waals surface area contributed by atoms with Gasteiger partial charge >= 0.3 is 0 Å². The second-order valence-electron chi connectivity index (χ2n) is 3.92. The van der Waals surface area contributed by atoms with Crippen molar-refractivity contribution in [2.24, 2.45) is 0 Å². The van der Waals surface area contributed by atoms with Crippen LogP contribution in [-0.4, -0.2) is 30.5 Å². The molecule has 0 atom stereocenters. The van der Waals surface area contributed by atoms with E-state index in [0.29, 0.717) is 25.7 Å². The molecule has 1 N–H and O–H groups in total. The molecule has 1 fully saturated rings. The molecule has 0 aromatic rings. The second-order valence-corrected chi connectivity index (χ2v) is 4.71. The molecule has 1 aliphatic carbocycles. The van der Waals surface area contributed by atoms with E-state index >= 15 is 0 Å². The van der Waals surface area contributed by atoms with Crippen LogP contribution < -0.4 is 5.32 Å². The number of rotatable bonds is 6. The predicted molar refractivity (Wildman–Crippen MR) is 64.2 cm³/mol. The summed E-state index contributed by atoms with van der Waals surface area (Å²) in [5, 5.41) is 3.55. The van der Waals surface area contributed by atoms with Gasteiger partial charge in [-0.05, 0) is 12.8 Å². The highest BCUT2D eigenvalue weighted by Gasteiger charge is 2.13. The molecular formula is C11H20BrNO2. The van der Waals surface area contributed by atoms with Crippen molar-refractivity contribution in [2.45, 2.75) is 44.6 Å². The van der Waals surface area contributed by atoms with Crippen molar-refractivity contribution in [1.82, 2.24) is 5.32 Å². The van der Waals surface area contributed by atoms with Crippen molar-refractivity contribution in [1.29, 1.82) is 0 Å². The Morgan fingerprint density at radius 2 is 2.07 bits per heavy atom. The summed E-state index contributed by atoms with van der Waals surface area (Å²) < 4.78 is 5.69. The third kappa shape index (κ3) is 6.15. The minimum atomic E-state index is 0.0964. The maximum absolute atomic E-state index is 11.1. The fourth-order valence-corrected chi connectivity index (χ4v) is 2.18. The highest BCUT2D eigenvalue weighted by Crippen LogP contribution is 2.19. The molecule has 0 unspecified atom stereocenters. The number of hydrogen-bond donors (Lipinski definition) is 1. The van der Waals surface area contributed by atoms with Gasteiger partial charge in [-0.25, -0.2) is 0 Å². The fraction of sp³-hybridized carbons (Fsp3) is 0.909.